The first-order chi connectivity index (χ1) is 10.9. The highest BCUT2D eigenvalue weighted by Crippen LogP contribution is 2.29. The van der Waals surface area contributed by atoms with Crippen LogP contribution in [0.3, 0.4) is 0 Å². The van der Waals surface area contributed by atoms with Crippen molar-refractivity contribution in [2.45, 2.75) is 32.5 Å². The average molecular weight is 367 g/mol. The number of benzene rings is 1. The summed E-state index contributed by atoms with van der Waals surface area (Å²) in [6, 6.07) is 2.64. The number of carbonyl (C=O) groups excluding carboxylic acids is 1. The molecule has 24 heavy (non-hydrogen) atoms. The van der Waals surface area contributed by atoms with Crippen molar-refractivity contribution in [3.8, 4) is 0 Å². The van der Waals surface area contributed by atoms with Crippen molar-refractivity contribution in [1.29, 1.82) is 0 Å². The molecule has 1 aromatic rings. The zero-order chi connectivity index (χ0) is 18.7. The Balaban J connectivity index is 2.90. The monoisotopic (exact) mass is 366 g/mol. The van der Waals surface area contributed by atoms with Crippen LogP contribution in [-0.2, 0) is 16.0 Å². The van der Waals surface area contributed by atoms with Gasteiger partial charge in [-0.3, -0.25) is 9.59 Å². The Labute approximate surface area is 142 Å². The van der Waals surface area contributed by atoms with Crippen LogP contribution in [-0.4, -0.2) is 29.2 Å². The topological polar surface area (TPSA) is 92.4 Å². The van der Waals surface area contributed by atoms with Gasteiger partial charge in [0.25, 0.3) is 0 Å². The normalized spacial score (nSPS) is 15.5. The van der Waals surface area contributed by atoms with Crippen molar-refractivity contribution in [3.63, 3.8) is 0 Å². The van der Waals surface area contributed by atoms with E-state index >= 15 is 0 Å². The molecule has 0 aliphatic carbocycles. The van der Waals surface area contributed by atoms with Gasteiger partial charge in [0.15, 0.2) is 0 Å². The minimum absolute atomic E-state index is 0.0848. The molecule has 0 saturated heterocycles. The molecule has 0 fully saturated rings. The Morgan fingerprint density at radius 1 is 1.33 bits per heavy atom. The van der Waals surface area contributed by atoms with Gasteiger partial charge in [-0.15, -0.1) is 0 Å². The molecule has 3 atom stereocenters. The number of carboxylic acids is 1. The van der Waals surface area contributed by atoms with Crippen LogP contribution in [0.5, 0.6) is 0 Å². The number of anilines is 1. The summed E-state index contributed by atoms with van der Waals surface area (Å²) in [6.45, 7) is 2.33. The van der Waals surface area contributed by atoms with E-state index in [4.69, 9.17) is 22.4 Å². The Hall–Kier alpha value is -1.80. The van der Waals surface area contributed by atoms with E-state index in [2.05, 4.69) is 5.32 Å². The molecule has 9 heteroatoms. The van der Waals surface area contributed by atoms with Crippen molar-refractivity contribution in [1.82, 2.24) is 0 Å². The number of amides is 1. The summed E-state index contributed by atoms with van der Waals surface area (Å²) in [4.78, 5) is 22.8. The summed E-state index contributed by atoms with van der Waals surface area (Å²) >= 11 is 5.92. The SMILES string of the molecule is CC(C(N)C(=O)Nc1cc(C[C@@H](C)C(=O)O)ccc1Cl)C(F)(F)F. The number of hydrogen-bond donors (Lipinski definition) is 3. The van der Waals surface area contributed by atoms with Gasteiger partial charge in [-0.1, -0.05) is 31.5 Å². The second-order valence-corrected chi connectivity index (χ2v) is 6.01. The largest absolute Gasteiger partial charge is 0.481 e. The van der Waals surface area contributed by atoms with Crippen molar-refractivity contribution < 1.29 is 27.9 Å². The second-order valence-electron chi connectivity index (χ2n) is 5.60. The second kappa shape index (κ2) is 7.85. The van der Waals surface area contributed by atoms with E-state index in [1.54, 1.807) is 6.07 Å². The van der Waals surface area contributed by atoms with Gasteiger partial charge in [-0.25, -0.2) is 0 Å². The number of alkyl halides is 3. The lowest BCUT2D eigenvalue weighted by Crippen LogP contribution is -2.46. The molecule has 1 rings (SSSR count). The van der Waals surface area contributed by atoms with E-state index in [1.807, 2.05) is 0 Å². The van der Waals surface area contributed by atoms with E-state index in [1.165, 1.54) is 19.1 Å². The molecule has 0 bridgehead atoms. The lowest BCUT2D eigenvalue weighted by molar-refractivity contribution is -0.176. The number of halogens is 4. The van der Waals surface area contributed by atoms with Gasteiger partial charge >= 0.3 is 12.1 Å². The molecule has 0 aliphatic heterocycles. The quantitative estimate of drug-likeness (QED) is 0.721. The van der Waals surface area contributed by atoms with Gasteiger partial charge in [-0.2, -0.15) is 13.2 Å². The fourth-order valence-corrected chi connectivity index (χ4v) is 2.05. The smallest absolute Gasteiger partial charge is 0.393 e. The molecular formula is C15H18ClF3N2O3. The maximum atomic E-state index is 12.6. The zero-order valence-electron chi connectivity index (χ0n) is 13.0. The lowest BCUT2D eigenvalue weighted by Gasteiger charge is -2.22. The highest BCUT2D eigenvalue weighted by atomic mass is 35.5. The number of nitrogens with two attached hydrogens (primary N) is 1. The maximum Gasteiger partial charge on any atom is 0.393 e. The van der Waals surface area contributed by atoms with Gasteiger partial charge < -0.3 is 16.2 Å². The van der Waals surface area contributed by atoms with E-state index in [-0.39, 0.29) is 17.1 Å². The first-order valence-electron chi connectivity index (χ1n) is 7.08. The highest BCUT2D eigenvalue weighted by molar-refractivity contribution is 6.33. The summed E-state index contributed by atoms with van der Waals surface area (Å²) in [5.41, 5.74) is 6.01. The van der Waals surface area contributed by atoms with Crippen molar-refractivity contribution in [3.05, 3.63) is 28.8 Å². The molecule has 1 amide bonds. The molecule has 0 spiro atoms. The van der Waals surface area contributed by atoms with Crippen molar-refractivity contribution in [2.75, 3.05) is 5.32 Å². The molecule has 2 unspecified atom stereocenters. The molecule has 1 aromatic carbocycles. The third-order valence-electron chi connectivity index (χ3n) is 3.61. The van der Waals surface area contributed by atoms with Gasteiger partial charge in [-0.05, 0) is 24.1 Å². The minimum Gasteiger partial charge on any atom is -0.481 e. The molecule has 5 nitrogen and oxygen atoms in total. The molecule has 0 saturated carbocycles. The average Bonchev–Trinajstić information content (AvgIpc) is 2.47. The van der Waals surface area contributed by atoms with Gasteiger partial charge in [0.05, 0.1) is 28.6 Å². The van der Waals surface area contributed by atoms with Crippen LogP contribution in [0, 0.1) is 11.8 Å². The number of rotatable bonds is 6. The predicted molar refractivity (Wildman–Crippen MR) is 83.8 cm³/mol. The number of nitrogens with one attached hydrogen (secondary N) is 1. The van der Waals surface area contributed by atoms with Crippen LogP contribution in [0.1, 0.15) is 19.4 Å². The van der Waals surface area contributed by atoms with Gasteiger partial charge in [0.1, 0.15) is 0 Å². The van der Waals surface area contributed by atoms with Crippen LogP contribution in [0.15, 0.2) is 18.2 Å². The fourth-order valence-electron chi connectivity index (χ4n) is 1.88. The van der Waals surface area contributed by atoms with Crippen LogP contribution < -0.4 is 11.1 Å². The number of carboxylic acid groups (broad SMARTS) is 1. The molecule has 0 aromatic heterocycles. The standard InChI is InChI=1S/C15H18ClF3N2O3/c1-7(14(23)24)5-9-3-4-10(16)11(6-9)21-13(22)12(20)8(2)15(17,18)19/h3-4,6-8,12H,5,20H2,1-2H3,(H,21,22)(H,23,24)/t7-,8?,12?/m1/s1. The lowest BCUT2D eigenvalue weighted by atomic mass is 10.00. The molecule has 4 N–H and O–H groups in total. The molecule has 0 heterocycles. The Bertz CT molecular complexity index is 622. The maximum absolute atomic E-state index is 12.6. The number of hydrogen-bond acceptors (Lipinski definition) is 3. The molecule has 134 valence electrons. The Morgan fingerprint density at radius 3 is 2.42 bits per heavy atom. The number of carbonyl (C=O) groups is 2. The Morgan fingerprint density at radius 2 is 1.92 bits per heavy atom. The molecular weight excluding hydrogens is 349 g/mol. The van der Waals surface area contributed by atoms with Gasteiger partial charge in [0.2, 0.25) is 5.91 Å². The van der Waals surface area contributed by atoms with E-state index < -0.39 is 35.9 Å². The summed E-state index contributed by atoms with van der Waals surface area (Å²) in [5.74, 6) is -4.70. The summed E-state index contributed by atoms with van der Waals surface area (Å²) in [7, 11) is 0. The van der Waals surface area contributed by atoms with Crippen LogP contribution in [0.2, 0.25) is 5.02 Å². The van der Waals surface area contributed by atoms with E-state index in [0.717, 1.165) is 6.92 Å². The first kappa shape index (κ1) is 20.2. The fraction of sp³-hybridized carbons (Fsp3) is 0.467. The zero-order valence-corrected chi connectivity index (χ0v) is 13.8. The third kappa shape index (κ3) is 5.38. The summed E-state index contributed by atoms with van der Waals surface area (Å²) in [5, 5.41) is 11.3. The Kier molecular flexibility index (Phi) is 6.62. The highest BCUT2D eigenvalue weighted by Gasteiger charge is 2.42. The van der Waals surface area contributed by atoms with E-state index in [9.17, 15) is 22.8 Å². The minimum atomic E-state index is -4.60. The first-order valence-corrected chi connectivity index (χ1v) is 7.45. The molecule has 0 radical (unpaired) electrons. The third-order valence-corrected chi connectivity index (χ3v) is 3.94. The molecule has 0 aliphatic rings. The van der Waals surface area contributed by atoms with Crippen LogP contribution in [0.4, 0.5) is 18.9 Å². The summed E-state index contributed by atoms with van der Waals surface area (Å²) < 4.78 is 37.9. The van der Waals surface area contributed by atoms with Crippen LogP contribution >= 0.6 is 11.6 Å². The predicted octanol–water partition coefficient (Wildman–Crippen LogP) is 3.07. The van der Waals surface area contributed by atoms with E-state index in [0.29, 0.717) is 5.56 Å². The van der Waals surface area contributed by atoms with Crippen molar-refractivity contribution in [2.24, 2.45) is 17.6 Å². The summed E-state index contributed by atoms with van der Waals surface area (Å²) in [6.07, 6.45) is -4.42. The number of aliphatic carboxylic acids is 1. The van der Waals surface area contributed by atoms with Gasteiger partial charge in [0, 0.05) is 0 Å². The van der Waals surface area contributed by atoms with Crippen molar-refractivity contribution >= 4 is 29.2 Å². The van der Waals surface area contributed by atoms with Crippen LogP contribution in [0.25, 0.3) is 0 Å².